The molecule has 1 aliphatic rings. The van der Waals surface area contributed by atoms with Crippen LogP contribution in [0.4, 0.5) is 18.9 Å². The van der Waals surface area contributed by atoms with Gasteiger partial charge >= 0.3 is 6.18 Å². The Balaban J connectivity index is 1.89. The van der Waals surface area contributed by atoms with Gasteiger partial charge in [0.1, 0.15) is 5.75 Å². The average Bonchev–Trinajstić information content (AvgIpc) is 2.49. The van der Waals surface area contributed by atoms with E-state index in [-0.39, 0.29) is 12.6 Å². The monoisotopic (exact) mass is 332 g/mol. The molecule has 1 aromatic carbocycles. The van der Waals surface area contributed by atoms with Gasteiger partial charge in [-0.3, -0.25) is 4.90 Å². The number of rotatable bonds is 6. The molecule has 1 fully saturated rings. The van der Waals surface area contributed by atoms with E-state index in [1.54, 1.807) is 6.07 Å². The SMILES string of the molecule is CCOc1ccc(NC2CCN(CC(F)(F)F)CC2)cc1CO. The molecular weight excluding hydrogens is 309 g/mol. The van der Waals surface area contributed by atoms with Crippen LogP contribution < -0.4 is 10.1 Å². The standard InChI is InChI=1S/C16H23F3N2O2/c1-2-23-15-4-3-14(9-12(15)10-22)20-13-5-7-21(8-6-13)11-16(17,18)19/h3-4,9,13,20,22H,2,5-8,10-11H2,1H3. The van der Waals surface area contributed by atoms with Gasteiger partial charge in [0, 0.05) is 30.4 Å². The summed E-state index contributed by atoms with van der Waals surface area (Å²) in [4.78, 5) is 1.44. The molecule has 2 rings (SSSR count). The van der Waals surface area contributed by atoms with Crippen molar-refractivity contribution in [2.45, 2.75) is 38.6 Å². The van der Waals surface area contributed by atoms with Gasteiger partial charge in [0.05, 0.1) is 19.8 Å². The van der Waals surface area contributed by atoms with Crippen molar-refractivity contribution in [2.24, 2.45) is 0 Å². The summed E-state index contributed by atoms with van der Waals surface area (Å²) in [6.07, 6.45) is -2.80. The highest BCUT2D eigenvalue weighted by Gasteiger charge is 2.32. The van der Waals surface area contributed by atoms with E-state index in [1.165, 1.54) is 4.90 Å². The second kappa shape index (κ2) is 7.88. The number of piperidine rings is 1. The second-order valence-corrected chi connectivity index (χ2v) is 5.72. The number of nitrogens with one attached hydrogen (secondary N) is 1. The zero-order valence-corrected chi connectivity index (χ0v) is 13.2. The van der Waals surface area contributed by atoms with Crippen molar-refractivity contribution in [3.63, 3.8) is 0 Å². The fourth-order valence-corrected chi connectivity index (χ4v) is 2.81. The van der Waals surface area contributed by atoms with Crippen molar-refractivity contribution in [1.29, 1.82) is 0 Å². The molecule has 2 N–H and O–H groups in total. The van der Waals surface area contributed by atoms with Crippen LogP contribution in [-0.4, -0.2) is 48.5 Å². The highest BCUT2D eigenvalue weighted by atomic mass is 19.4. The first-order chi connectivity index (χ1) is 10.9. The second-order valence-electron chi connectivity index (χ2n) is 5.72. The molecule has 130 valence electrons. The largest absolute Gasteiger partial charge is 0.494 e. The summed E-state index contributed by atoms with van der Waals surface area (Å²) < 4.78 is 42.6. The van der Waals surface area contributed by atoms with E-state index in [0.717, 1.165) is 5.69 Å². The molecule has 0 atom stereocenters. The summed E-state index contributed by atoms with van der Waals surface area (Å²) in [6, 6.07) is 5.64. The third kappa shape index (κ3) is 5.58. The summed E-state index contributed by atoms with van der Waals surface area (Å²) in [7, 11) is 0. The van der Waals surface area contributed by atoms with Crippen LogP contribution in [0, 0.1) is 0 Å². The molecule has 0 radical (unpaired) electrons. The number of hydrogen-bond donors (Lipinski definition) is 2. The molecule has 0 aromatic heterocycles. The Morgan fingerprint density at radius 1 is 1.30 bits per heavy atom. The van der Waals surface area contributed by atoms with E-state index < -0.39 is 12.7 Å². The molecule has 0 spiro atoms. The molecule has 23 heavy (non-hydrogen) atoms. The van der Waals surface area contributed by atoms with Crippen molar-refractivity contribution in [1.82, 2.24) is 4.90 Å². The minimum Gasteiger partial charge on any atom is -0.494 e. The Bertz CT molecular complexity index is 501. The summed E-state index contributed by atoms with van der Waals surface area (Å²) in [5, 5.41) is 12.7. The predicted molar refractivity (Wildman–Crippen MR) is 82.7 cm³/mol. The van der Waals surface area contributed by atoms with Crippen LogP contribution in [0.25, 0.3) is 0 Å². The number of ether oxygens (including phenoxy) is 1. The lowest BCUT2D eigenvalue weighted by Gasteiger charge is -2.33. The highest BCUT2D eigenvalue weighted by Crippen LogP contribution is 2.25. The number of aliphatic hydroxyl groups excluding tert-OH is 1. The quantitative estimate of drug-likeness (QED) is 0.841. The third-order valence-electron chi connectivity index (χ3n) is 3.89. The van der Waals surface area contributed by atoms with Gasteiger partial charge in [-0.15, -0.1) is 0 Å². The molecule has 7 heteroatoms. The van der Waals surface area contributed by atoms with E-state index in [0.29, 0.717) is 43.9 Å². The van der Waals surface area contributed by atoms with Crippen LogP contribution in [0.5, 0.6) is 5.75 Å². The van der Waals surface area contributed by atoms with Crippen LogP contribution in [0.1, 0.15) is 25.3 Å². The molecule has 0 bridgehead atoms. The summed E-state index contributed by atoms with van der Waals surface area (Å²) in [5.41, 5.74) is 1.55. The van der Waals surface area contributed by atoms with Gasteiger partial charge in [-0.2, -0.15) is 13.2 Å². The summed E-state index contributed by atoms with van der Waals surface area (Å²) >= 11 is 0. The minimum atomic E-state index is -4.13. The summed E-state index contributed by atoms with van der Waals surface area (Å²) in [5.74, 6) is 0.653. The van der Waals surface area contributed by atoms with E-state index >= 15 is 0 Å². The van der Waals surface area contributed by atoms with Crippen molar-refractivity contribution in [3.8, 4) is 5.75 Å². The minimum absolute atomic E-state index is 0.116. The Kier molecular flexibility index (Phi) is 6.12. The fourth-order valence-electron chi connectivity index (χ4n) is 2.81. The molecule has 1 heterocycles. The normalized spacial score (nSPS) is 17.3. The molecular formula is C16H23F3N2O2. The third-order valence-corrected chi connectivity index (χ3v) is 3.89. The number of aliphatic hydroxyl groups is 1. The first-order valence-electron chi connectivity index (χ1n) is 7.83. The smallest absolute Gasteiger partial charge is 0.401 e. The van der Waals surface area contributed by atoms with Gasteiger partial charge in [0.15, 0.2) is 0 Å². The number of hydrogen-bond acceptors (Lipinski definition) is 4. The maximum Gasteiger partial charge on any atom is 0.401 e. The van der Waals surface area contributed by atoms with Gasteiger partial charge < -0.3 is 15.2 Å². The maximum atomic E-state index is 12.4. The summed E-state index contributed by atoms with van der Waals surface area (Å²) in [6.45, 7) is 2.31. The molecule has 1 saturated heterocycles. The molecule has 1 aliphatic heterocycles. The zero-order valence-electron chi connectivity index (χ0n) is 13.2. The Hall–Kier alpha value is -1.47. The van der Waals surface area contributed by atoms with Crippen molar-refractivity contribution in [3.05, 3.63) is 23.8 Å². The Labute approximate surface area is 134 Å². The molecule has 0 unspecified atom stereocenters. The lowest BCUT2D eigenvalue weighted by molar-refractivity contribution is -0.147. The van der Waals surface area contributed by atoms with Crippen molar-refractivity contribution < 1.29 is 23.0 Å². The van der Waals surface area contributed by atoms with E-state index in [9.17, 15) is 18.3 Å². The molecule has 4 nitrogen and oxygen atoms in total. The molecule has 0 saturated carbocycles. The van der Waals surface area contributed by atoms with Crippen LogP contribution in [-0.2, 0) is 6.61 Å². The lowest BCUT2D eigenvalue weighted by atomic mass is 10.0. The van der Waals surface area contributed by atoms with Crippen LogP contribution in [0.2, 0.25) is 0 Å². The number of nitrogens with zero attached hydrogens (tertiary/aromatic N) is 1. The number of alkyl halides is 3. The Morgan fingerprint density at radius 2 is 2.00 bits per heavy atom. The van der Waals surface area contributed by atoms with Crippen molar-refractivity contribution in [2.75, 3.05) is 31.6 Å². The first-order valence-corrected chi connectivity index (χ1v) is 7.83. The van der Waals surface area contributed by atoms with Crippen LogP contribution in [0.3, 0.4) is 0 Å². The van der Waals surface area contributed by atoms with E-state index in [4.69, 9.17) is 4.74 Å². The molecule has 1 aromatic rings. The molecule has 0 aliphatic carbocycles. The van der Waals surface area contributed by atoms with Gasteiger partial charge in [-0.1, -0.05) is 0 Å². The highest BCUT2D eigenvalue weighted by molar-refractivity contribution is 5.51. The fraction of sp³-hybridized carbons (Fsp3) is 0.625. The van der Waals surface area contributed by atoms with Gasteiger partial charge in [0.25, 0.3) is 0 Å². The average molecular weight is 332 g/mol. The van der Waals surface area contributed by atoms with E-state index in [1.807, 2.05) is 19.1 Å². The van der Waals surface area contributed by atoms with Gasteiger partial charge in [-0.05, 0) is 38.0 Å². The number of halogens is 3. The number of benzene rings is 1. The maximum absolute atomic E-state index is 12.4. The topological polar surface area (TPSA) is 44.7 Å². The zero-order chi connectivity index (χ0) is 16.9. The first kappa shape index (κ1) is 17.9. The number of likely N-dealkylation sites (tertiary alicyclic amines) is 1. The Morgan fingerprint density at radius 3 is 2.57 bits per heavy atom. The van der Waals surface area contributed by atoms with Gasteiger partial charge in [-0.25, -0.2) is 0 Å². The number of anilines is 1. The lowest BCUT2D eigenvalue weighted by Crippen LogP contribution is -2.43. The van der Waals surface area contributed by atoms with Crippen molar-refractivity contribution >= 4 is 5.69 Å². The van der Waals surface area contributed by atoms with E-state index in [2.05, 4.69) is 5.32 Å². The molecule has 0 amide bonds. The van der Waals surface area contributed by atoms with Crippen LogP contribution in [0.15, 0.2) is 18.2 Å². The predicted octanol–water partition coefficient (Wildman–Crippen LogP) is 3.02. The van der Waals surface area contributed by atoms with Crippen LogP contribution >= 0.6 is 0 Å². The van der Waals surface area contributed by atoms with Gasteiger partial charge in [0.2, 0.25) is 0 Å².